The lowest BCUT2D eigenvalue weighted by molar-refractivity contribution is -0.132. The van der Waals surface area contributed by atoms with Crippen molar-refractivity contribution in [3.63, 3.8) is 0 Å². The molecule has 3 aromatic rings. The van der Waals surface area contributed by atoms with Crippen LogP contribution in [0.3, 0.4) is 0 Å². The lowest BCUT2D eigenvalue weighted by atomic mass is 10.0. The molecule has 3 amide bonds. The van der Waals surface area contributed by atoms with Gasteiger partial charge in [-0.15, -0.1) is 0 Å². The topological polar surface area (TPSA) is 136 Å². The van der Waals surface area contributed by atoms with Gasteiger partial charge in [0.05, 0.1) is 22.9 Å². The fourth-order valence-corrected chi connectivity index (χ4v) is 5.48. The Bertz CT molecular complexity index is 1600. The zero-order chi connectivity index (χ0) is 33.8. The Morgan fingerprint density at radius 3 is 2.62 bits per heavy atom. The Morgan fingerprint density at radius 2 is 1.85 bits per heavy atom. The summed E-state index contributed by atoms with van der Waals surface area (Å²) in [5.74, 6) is -0.270. The Balaban J connectivity index is 1.36. The first-order valence-electron chi connectivity index (χ1n) is 16.1. The molecular formula is C36H43FN6O4. The minimum Gasteiger partial charge on any atom is -0.444 e. The zero-order valence-electron chi connectivity index (χ0n) is 27.3. The summed E-state index contributed by atoms with van der Waals surface area (Å²) in [6.45, 7) is 7.17. The van der Waals surface area contributed by atoms with Crippen molar-refractivity contribution in [1.29, 1.82) is 5.26 Å². The number of amides is 3. The van der Waals surface area contributed by atoms with Gasteiger partial charge in [0.2, 0.25) is 5.91 Å². The van der Waals surface area contributed by atoms with Gasteiger partial charge in [0.25, 0.3) is 5.91 Å². The third-order valence-electron chi connectivity index (χ3n) is 7.74. The van der Waals surface area contributed by atoms with Gasteiger partial charge in [-0.05, 0) is 88.8 Å². The van der Waals surface area contributed by atoms with Crippen LogP contribution >= 0.6 is 0 Å². The molecule has 2 heterocycles. The van der Waals surface area contributed by atoms with Crippen molar-refractivity contribution in [2.75, 3.05) is 31.5 Å². The first-order chi connectivity index (χ1) is 22.5. The standard InChI is InChI=1S/C36H43FN6O4/c1-36(2,3)47-35(46)40-19-7-6-15-32(44)43-21-9-13-28(43)24-41-34(45)30-16-17-31(29-14-5-4-11-26(29)23-38)42-33(30)39-20-18-25-10-8-12-27(37)22-25/h4-5,8,10-12,14,16-17,22,28H,6-7,9,13,15,18-21,24H2,1-3H3,(H,39,42)(H,40,46)(H,41,45)/t28-/m1/s1. The molecule has 0 saturated carbocycles. The van der Waals surface area contributed by atoms with Crippen molar-refractivity contribution in [3.8, 4) is 17.3 Å². The van der Waals surface area contributed by atoms with Gasteiger partial charge < -0.3 is 25.6 Å². The Hall–Kier alpha value is -4.98. The van der Waals surface area contributed by atoms with E-state index in [2.05, 4.69) is 22.0 Å². The highest BCUT2D eigenvalue weighted by Gasteiger charge is 2.29. The van der Waals surface area contributed by atoms with Gasteiger partial charge in [-0.3, -0.25) is 9.59 Å². The Labute approximate surface area is 275 Å². The average Bonchev–Trinajstić information content (AvgIpc) is 3.51. The van der Waals surface area contributed by atoms with Crippen molar-refractivity contribution in [1.82, 2.24) is 20.5 Å². The molecule has 0 radical (unpaired) electrons. The van der Waals surface area contributed by atoms with Crippen LogP contribution in [0.4, 0.5) is 15.0 Å². The minimum absolute atomic E-state index is 0.0286. The molecule has 11 heteroatoms. The van der Waals surface area contributed by atoms with Crippen molar-refractivity contribution in [2.45, 2.75) is 70.9 Å². The van der Waals surface area contributed by atoms with Crippen LogP contribution in [0.1, 0.15) is 74.4 Å². The second kappa shape index (κ2) is 16.5. The monoisotopic (exact) mass is 642 g/mol. The van der Waals surface area contributed by atoms with E-state index in [1.165, 1.54) is 12.1 Å². The van der Waals surface area contributed by atoms with E-state index in [0.717, 1.165) is 18.4 Å². The number of carbonyl (C=O) groups is 3. The van der Waals surface area contributed by atoms with Crippen molar-refractivity contribution < 1.29 is 23.5 Å². The summed E-state index contributed by atoms with van der Waals surface area (Å²) in [6, 6.07) is 18.9. The number of nitriles is 1. The van der Waals surface area contributed by atoms with Crippen molar-refractivity contribution >= 4 is 23.7 Å². The average molecular weight is 643 g/mol. The molecule has 1 atom stereocenters. The number of unbranched alkanes of at least 4 members (excludes halogenated alkanes) is 1. The lowest BCUT2D eigenvalue weighted by Gasteiger charge is -2.25. The Morgan fingerprint density at radius 1 is 1.04 bits per heavy atom. The Kier molecular flexibility index (Phi) is 12.3. The maximum absolute atomic E-state index is 13.7. The summed E-state index contributed by atoms with van der Waals surface area (Å²) in [5.41, 5.74) is 2.23. The van der Waals surface area contributed by atoms with Crippen LogP contribution in [0.25, 0.3) is 11.3 Å². The van der Waals surface area contributed by atoms with Crippen LogP contribution in [0.5, 0.6) is 0 Å². The number of benzene rings is 2. The van der Waals surface area contributed by atoms with Gasteiger partial charge in [0.1, 0.15) is 17.2 Å². The zero-order valence-corrected chi connectivity index (χ0v) is 27.3. The highest BCUT2D eigenvalue weighted by atomic mass is 19.1. The van der Waals surface area contributed by atoms with E-state index in [9.17, 15) is 24.0 Å². The van der Waals surface area contributed by atoms with Gasteiger partial charge in [-0.2, -0.15) is 5.26 Å². The molecule has 1 fully saturated rings. The third kappa shape index (κ3) is 10.5. The number of ether oxygens (including phenoxy) is 1. The van der Waals surface area contributed by atoms with Gasteiger partial charge in [0.15, 0.2) is 0 Å². The third-order valence-corrected chi connectivity index (χ3v) is 7.74. The summed E-state index contributed by atoms with van der Waals surface area (Å²) in [7, 11) is 0. The normalized spacial score (nSPS) is 14.3. The molecule has 0 spiro atoms. The van der Waals surface area contributed by atoms with Crippen LogP contribution < -0.4 is 16.0 Å². The van der Waals surface area contributed by atoms with Crippen LogP contribution in [-0.2, 0) is 16.0 Å². The second-order valence-corrected chi connectivity index (χ2v) is 12.5. The number of hydrogen-bond donors (Lipinski definition) is 3. The first-order valence-corrected chi connectivity index (χ1v) is 16.1. The predicted octanol–water partition coefficient (Wildman–Crippen LogP) is 5.83. The maximum Gasteiger partial charge on any atom is 0.407 e. The highest BCUT2D eigenvalue weighted by molar-refractivity contribution is 5.99. The molecule has 0 aliphatic carbocycles. The SMILES string of the molecule is CC(C)(C)OC(=O)NCCCCC(=O)N1CCC[C@@H]1CNC(=O)c1ccc(-c2ccccc2C#N)nc1NCCc1cccc(F)c1. The molecule has 1 saturated heterocycles. The van der Waals surface area contributed by atoms with Crippen molar-refractivity contribution in [2.24, 2.45) is 0 Å². The summed E-state index contributed by atoms with van der Waals surface area (Å²) in [6.07, 6.45) is 3.31. The fourth-order valence-electron chi connectivity index (χ4n) is 5.48. The number of anilines is 1. The highest BCUT2D eigenvalue weighted by Crippen LogP contribution is 2.25. The van der Waals surface area contributed by atoms with Crippen LogP contribution in [0.15, 0.2) is 60.7 Å². The summed E-state index contributed by atoms with van der Waals surface area (Å²) in [5, 5.41) is 18.6. The number of aromatic nitrogens is 1. The van der Waals surface area contributed by atoms with Gasteiger partial charge in [-0.25, -0.2) is 14.2 Å². The summed E-state index contributed by atoms with van der Waals surface area (Å²) >= 11 is 0. The number of rotatable bonds is 13. The number of carbonyl (C=O) groups excluding carboxylic acids is 3. The number of nitrogens with one attached hydrogen (secondary N) is 3. The fraction of sp³-hybridized carbons (Fsp3) is 0.417. The van der Waals surface area contributed by atoms with E-state index >= 15 is 0 Å². The number of alkyl carbamates (subject to hydrolysis) is 1. The van der Waals surface area contributed by atoms with E-state index in [4.69, 9.17) is 9.72 Å². The molecule has 1 aromatic heterocycles. The number of pyridine rings is 1. The van der Waals surface area contributed by atoms with E-state index in [1.807, 2.05) is 17.0 Å². The molecule has 2 aromatic carbocycles. The number of likely N-dealkylation sites (tertiary alicyclic amines) is 1. The molecule has 1 aliphatic rings. The molecule has 1 aliphatic heterocycles. The van der Waals surface area contributed by atoms with Crippen molar-refractivity contribution in [3.05, 3.63) is 83.2 Å². The molecule has 47 heavy (non-hydrogen) atoms. The smallest absolute Gasteiger partial charge is 0.407 e. The molecule has 10 nitrogen and oxygen atoms in total. The lowest BCUT2D eigenvalue weighted by Crippen LogP contribution is -2.43. The van der Waals surface area contributed by atoms with Crippen LogP contribution in [0.2, 0.25) is 0 Å². The predicted molar refractivity (Wildman–Crippen MR) is 178 cm³/mol. The molecule has 4 rings (SSSR count). The molecule has 0 bridgehead atoms. The number of nitrogens with zero attached hydrogens (tertiary/aromatic N) is 3. The second-order valence-electron chi connectivity index (χ2n) is 12.5. The van der Waals surface area contributed by atoms with Gasteiger partial charge in [0, 0.05) is 44.2 Å². The van der Waals surface area contributed by atoms with E-state index < -0.39 is 11.7 Å². The molecule has 3 N–H and O–H groups in total. The molecule has 0 unspecified atom stereocenters. The molecular weight excluding hydrogens is 599 g/mol. The van der Waals surface area contributed by atoms with Crippen LogP contribution in [0, 0.1) is 17.1 Å². The largest absolute Gasteiger partial charge is 0.444 e. The van der Waals surface area contributed by atoms with E-state index in [1.54, 1.807) is 57.2 Å². The minimum atomic E-state index is -0.563. The maximum atomic E-state index is 13.7. The number of halogens is 1. The van der Waals surface area contributed by atoms with Gasteiger partial charge in [-0.1, -0.05) is 30.3 Å². The van der Waals surface area contributed by atoms with Gasteiger partial charge >= 0.3 is 6.09 Å². The summed E-state index contributed by atoms with van der Waals surface area (Å²) < 4.78 is 18.9. The number of hydrogen-bond acceptors (Lipinski definition) is 7. The van der Waals surface area contributed by atoms with E-state index in [0.29, 0.717) is 80.1 Å². The first kappa shape index (κ1) is 34.9. The molecule has 248 valence electrons. The van der Waals surface area contributed by atoms with E-state index in [-0.39, 0.29) is 23.7 Å². The quantitative estimate of drug-likeness (QED) is 0.200. The summed E-state index contributed by atoms with van der Waals surface area (Å²) in [4.78, 5) is 44.9. The van der Waals surface area contributed by atoms with Crippen LogP contribution in [-0.4, -0.2) is 65.6 Å².